The van der Waals surface area contributed by atoms with Crippen LogP contribution in [0.15, 0.2) is 17.4 Å². The van der Waals surface area contributed by atoms with Crippen LogP contribution in [0.25, 0.3) is 0 Å². The second-order valence-corrected chi connectivity index (χ2v) is 2.98. The molecule has 1 aliphatic rings. The fourth-order valence-corrected chi connectivity index (χ4v) is 1.43. The topological polar surface area (TPSA) is 15.6 Å². The van der Waals surface area contributed by atoms with Gasteiger partial charge in [-0.05, 0) is 19.6 Å². The molecule has 1 fully saturated rings. The van der Waals surface area contributed by atoms with Crippen LogP contribution in [0.3, 0.4) is 0 Å². The lowest BCUT2D eigenvalue weighted by atomic mass is 10.2. The van der Waals surface area contributed by atoms with Crippen molar-refractivity contribution in [3.8, 4) is 0 Å². The predicted molar refractivity (Wildman–Crippen MR) is 48.7 cm³/mol. The lowest BCUT2D eigenvalue weighted by Gasteiger charge is -2.20. The third-order valence-corrected chi connectivity index (χ3v) is 2.15. The van der Waals surface area contributed by atoms with E-state index in [-0.39, 0.29) is 0 Å². The molecule has 1 rings (SSSR count). The molecule has 0 unspecified atom stereocenters. The highest BCUT2D eigenvalue weighted by molar-refractivity contribution is 5.27. The van der Waals surface area contributed by atoms with Crippen molar-refractivity contribution in [1.82, 2.24) is 4.90 Å². The van der Waals surface area contributed by atoms with Crippen LogP contribution in [-0.2, 0) is 0 Å². The number of likely N-dealkylation sites (tertiary alicyclic amines) is 1. The van der Waals surface area contributed by atoms with Crippen molar-refractivity contribution >= 4 is 6.72 Å². The average molecular weight is 152 g/mol. The quantitative estimate of drug-likeness (QED) is 0.553. The molecule has 2 heteroatoms. The Morgan fingerprint density at radius 3 is 2.09 bits per heavy atom. The van der Waals surface area contributed by atoms with Crippen LogP contribution in [0.2, 0.25) is 0 Å². The summed E-state index contributed by atoms with van der Waals surface area (Å²) in [4.78, 5) is 6.06. The zero-order valence-corrected chi connectivity index (χ0v) is 7.05. The Morgan fingerprint density at radius 1 is 1.09 bits per heavy atom. The molecular weight excluding hydrogens is 136 g/mol. The Morgan fingerprint density at radius 2 is 1.64 bits per heavy atom. The number of nitrogens with zero attached hydrogens (tertiary/aromatic N) is 2. The SMILES string of the molecule is C=NC(=C)N1CCCCCC1. The van der Waals surface area contributed by atoms with Crippen molar-refractivity contribution in [2.24, 2.45) is 4.99 Å². The van der Waals surface area contributed by atoms with Gasteiger partial charge < -0.3 is 4.90 Å². The van der Waals surface area contributed by atoms with Gasteiger partial charge in [0, 0.05) is 13.1 Å². The van der Waals surface area contributed by atoms with Crippen LogP contribution in [0.1, 0.15) is 25.7 Å². The summed E-state index contributed by atoms with van der Waals surface area (Å²) in [7, 11) is 0. The molecule has 1 saturated heterocycles. The molecule has 0 aromatic heterocycles. The second-order valence-electron chi connectivity index (χ2n) is 2.98. The normalized spacial score (nSPS) is 19.1. The molecule has 0 spiro atoms. The number of aliphatic imine (C=N–C) groups is 1. The molecule has 0 bridgehead atoms. The molecule has 0 radical (unpaired) electrons. The number of rotatable bonds is 2. The molecule has 0 aromatic rings. The standard InChI is InChI=1S/C9H16N2/c1-9(10-2)11-7-5-3-4-6-8-11/h1-8H2. The summed E-state index contributed by atoms with van der Waals surface area (Å²) >= 11 is 0. The third-order valence-electron chi connectivity index (χ3n) is 2.15. The van der Waals surface area contributed by atoms with Crippen LogP contribution < -0.4 is 0 Å². The van der Waals surface area contributed by atoms with Crippen LogP contribution in [0, 0.1) is 0 Å². The van der Waals surface area contributed by atoms with Gasteiger partial charge in [0.1, 0.15) is 5.82 Å². The first-order valence-corrected chi connectivity index (χ1v) is 4.25. The molecular formula is C9H16N2. The Bertz CT molecular complexity index is 144. The summed E-state index contributed by atoms with van der Waals surface area (Å²) in [6, 6.07) is 0. The van der Waals surface area contributed by atoms with Crippen molar-refractivity contribution in [3.63, 3.8) is 0 Å². The molecule has 0 aliphatic carbocycles. The van der Waals surface area contributed by atoms with Gasteiger partial charge in [-0.15, -0.1) is 0 Å². The molecule has 2 nitrogen and oxygen atoms in total. The van der Waals surface area contributed by atoms with Gasteiger partial charge in [-0.3, -0.25) is 0 Å². The number of hydrogen-bond donors (Lipinski definition) is 0. The zero-order chi connectivity index (χ0) is 8.10. The van der Waals surface area contributed by atoms with Crippen molar-refractivity contribution in [1.29, 1.82) is 0 Å². The largest absolute Gasteiger partial charge is 0.357 e. The number of hydrogen-bond acceptors (Lipinski definition) is 2. The van der Waals surface area contributed by atoms with Crippen molar-refractivity contribution in [3.05, 3.63) is 12.4 Å². The minimum absolute atomic E-state index is 0.840. The van der Waals surface area contributed by atoms with E-state index in [2.05, 4.69) is 23.2 Å². The summed E-state index contributed by atoms with van der Waals surface area (Å²) in [5.74, 6) is 0.840. The highest BCUT2D eigenvalue weighted by atomic mass is 15.2. The monoisotopic (exact) mass is 152 g/mol. The third kappa shape index (κ3) is 2.37. The van der Waals surface area contributed by atoms with E-state index in [9.17, 15) is 0 Å². The summed E-state index contributed by atoms with van der Waals surface area (Å²) in [6.07, 6.45) is 5.24. The van der Waals surface area contributed by atoms with E-state index in [0.29, 0.717) is 0 Å². The average Bonchev–Trinajstić information content (AvgIpc) is 2.30. The van der Waals surface area contributed by atoms with Crippen molar-refractivity contribution in [2.45, 2.75) is 25.7 Å². The summed E-state index contributed by atoms with van der Waals surface area (Å²) in [6.45, 7) is 9.53. The van der Waals surface area contributed by atoms with Crippen molar-refractivity contribution < 1.29 is 0 Å². The molecule has 1 aliphatic heterocycles. The predicted octanol–water partition coefficient (Wildman–Crippen LogP) is 2.03. The summed E-state index contributed by atoms with van der Waals surface area (Å²) in [5.41, 5.74) is 0. The van der Waals surface area contributed by atoms with E-state index in [0.717, 1.165) is 18.9 Å². The highest BCUT2D eigenvalue weighted by Crippen LogP contribution is 2.13. The molecule has 11 heavy (non-hydrogen) atoms. The van der Waals surface area contributed by atoms with Crippen LogP contribution in [0.5, 0.6) is 0 Å². The van der Waals surface area contributed by atoms with E-state index < -0.39 is 0 Å². The van der Waals surface area contributed by atoms with Gasteiger partial charge in [-0.2, -0.15) is 0 Å². The van der Waals surface area contributed by atoms with Crippen molar-refractivity contribution in [2.75, 3.05) is 13.1 Å². The Balaban J connectivity index is 2.42. The van der Waals surface area contributed by atoms with E-state index in [1.54, 1.807) is 0 Å². The zero-order valence-electron chi connectivity index (χ0n) is 7.05. The van der Waals surface area contributed by atoms with Gasteiger partial charge in [0.05, 0.1) is 0 Å². The van der Waals surface area contributed by atoms with Gasteiger partial charge in [-0.25, -0.2) is 4.99 Å². The molecule has 0 amide bonds. The smallest absolute Gasteiger partial charge is 0.120 e. The first-order chi connectivity index (χ1) is 5.34. The molecule has 0 saturated carbocycles. The molecule has 0 N–H and O–H groups in total. The minimum Gasteiger partial charge on any atom is -0.357 e. The van der Waals surface area contributed by atoms with Gasteiger partial charge in [0.15, 0.2) is 0 Å². The fourth-order valence-electron chi connectivity index (χ4n) is 1.43. The Labute approximate surface area is 68.6 Å². The minimum atomic E-state index is 0.840. The van der Waals surface area contributed by atoms with E-state index in [1.807, 2.05) is 0 Å². The fraction of sp³-hybridized carbons (Fsp3) is 0.667. The van der Waals surface area contributed by atoms with E-state index in [4.69, 9.17) is 0 Å². The maximum Gasteiger partial charge on any atom is 0.120 e. The highest BCUT2D eigenvalue weighted by Gasteiger charge is 2.08. The molecule has 0 aromatic carbocycles. The van der Waals surface area contributed by atoms with Crippen LogP contribution in [0.4, 0.5) is 0 Å². The van der Waals surface area contributed by atoms with Crippen LogP contribution in [-0.4, -0.2) is 24.7 Å². The van der Waals surface area contributed by atoms with E-state index in [1.165, 1.54) is 25.7 Å². The lowest BCUT2D eigenvalue weighted by Crippen LogP contribution is -2.22. The molecule has 62 valence electrons. The maximum absolute atomic E-state index is 3.84. The summed E-state index contributed by atoms with van der Waals surface area (Å²) < 4.78 is 0. The maximum atomic E-state index is 3.84. The second kappa shape index (κ2) is 4.16. The van der Waals surface area contributed by atoms with Gasteiger partial charge in [-0.1, -0.05) is 19.4 Å². The Hall–Kier alpha value is -0.790. The van der Waals surface area contributed by atoms with Gasteiger partial charge in [0.25, 0.3) is 0 Å². The lowest BCUT2D eigenvalue weighted by molar-refractivity contribution is 0.357. The molecule has 1 heterocycles. The van der Waals surface area contributed by atoms with Gasteiger partial charge >= 0.3 is 0 Å². The molecule has 0 atom stereocenters. The van der Waals surface area contributed by atoms with E-state index >= 15 is 0 Å². The summed E-state index contributed by atoms with van der Waals surface area (Å²) in [5, 5.41) is 0. The first-order valence-electron chi connectivity index (χ1n) is 4.25. The Kier molecular flexibility index (Phi) is 3.14. The first kappa shape index (κ1) is 8.31. The van der Waals surface area contributed by atoms with Crippen LogP contribution >= 0.6 is 0 Å². The van der Waals surface area contributed by atoms with Gasteiger partial charge in [0.2, 0.25) is 0 Å².